The SMILES string of the molecule is O=C(CC(c1ccsc1)n1cccc1)NCCc1nnc2ccccn12. The van der Waals surface area contributed by atoms with Crippen LogP contribution in [0.15, 0.2) is 65.7 Å². The van der Waals surface area contributed by atoms with Crippen molar-refractivity contribution in [1.29, 1.82) is 0 Å². The highest BCUT2D eigenvalue weighted by atomic mass is 32.1. The average Bonchev–Trinajstić information content (AvgIpc) is 3.41. The van der Waals surface area contributed by atoms with Gasteiger partial charge in [0.25, 0.3) is 0 Å². The molecule has 4 aromatic heterocycles. The summed E-state index contributed by atoms with van der Waals surface area (Å²) in [7, 11) is 0. The van der Waals surface area contributed by atoms with Crippen LogP contribution < -0.4 is 5.32 Å². The predicted octanol–water partition coefficient (Wildman–Crippen LogP) is 2.93. The van der Waals surface area contributed by atoms with Crippen LogP contribution in [0.1, 0.15) is 23.9 Å². The minimum Gasteiger partial charge on any atom is -0.356 e. The summed E-state index contributed by atoms with van der Waals surface area (Å²) >= 11 is 1.65. The molecule has 0 bridgehead atoms. The van der Waals surface area contributed by atoms with E-state index in [1.54, 1.807) is 11.3 Å². The maximum atomic E-state index is 12.5. The fourth-order valence-corrected chi connectivity index (χ4v) is 3.75. The summed E-state index contributed by atoms with van der Waals surface area (Å²) in [5.41, 5.74) is 1.98. The van der Waals surface area contributed by atoms with Gasteiger partial charge in [0.05, 0.1) is 12.5 Å². The summed E-state index contributed by atoms with van der Waals surface area (Å²) in [6.45, 7) is 0.538. The van der Waals surface area contributed by atoms with Gasteiger partial charge in [-0.2, -0.15) is 11.3 Å². The maximum absolute atomic E-state index is 12.5. The minimum atomic E-state index is 0.0187. The van der Waals surface area contributed by atoms with Gasteiger partial charge in [-0.15, -0.1) is 10.2 Å². The number of carbonyl (C=O) groups is 1. The van der Waals surface area contributed by atoms with Gasteiger partial charge >= 0.3 is 0 Å². The first-order chi connectivity index (χ1) is 12.8. The summed E-state index contributed by atoms with van der Waals surface area (Å²) in [5, 5.41) is 15.5. The van der Waals surface area contributed by atoms with Gasteiger partial charge in [0.15, 0.2) is 5.65 Å². The largest absolute Gasteiger partial charge is 0.356 e. The first-order valence-electron chi connectivity index (χ1n) is 8.51. The number of pyridine rings is 1. The van der Waals surface area contributed by atoms with E-state index in [0.29, 0.717) is 19.4 Å². The number of amides is 1. The number of nitrogens with zero attached hydrogens (tertiary/aromatic N) is 4. The van der Waals surface area contributed by atoms with Gasteiger partial charge in [0.1, 0.15) is 5.82 Å². The number of thiophene rings is 1. The molecule has 0 aliphatic heterocycles. The fraction of sp³-hybridized carbons (Fsp3) is 0.211. The van der Waals surface area contributed by atoms with Gasteiger partial charge in [0.2, 0.25) is 5.91 Å². The number of nitrogens with one attached hydrogen (secondary N) is 1. The maximum Gasteiger partial charge on any atom is 0.222 e. The van der Waals surface area contributed by atoms with Crippen LogP contribution in [0.25, 0.3) is 5.65 Å². The van der Waals surface area contributed by atoms with Crippen molar-refractivity contribution in [1.82, 2.24) is 24.5 Å². The van der Waals surface area contributed by atoms with E-state index in [0.717, 1.165) is 17.0 Å². The van der Waals surface area contributed by atoms with E-state index >= 15 is 0 Å². The fourth-order valence-electron chi connectivity index (χ4n) is 3.04. The molecule has 0 aliphatic carbocycles. The van der Waals surface area contributed by atoms with Crippen molar-refractivity contribution in [3.8, 4) is 0 Å². The second kappa shape index (κ2) is 7.53. The molecular formula is C19H19N5OS. The standard InChI is InChI=1S/C19H19N5OS/c25-19(13-16(15-7-12-26-14-15)23-9-3-4-10-23)20-8-6-18-22-21-17-5-1-2-11-24(17)18/h1-5,7,9-12,14,16H,6,8,13H2,(H,20,25). The summed E-state index contributed by atoms with van der Waals surface area (Å²) in [5.74, 6) is 0.879. The lowest BCUT2D eigenvalue weighted by molar-refractivity contribution is -0.121. The molecule has 6 nitrogen and oxygen atoms in total. The van der Waals surface area contributed by atoms with Crippen molar-refractivity contribution < 1.29 is 4.79 Å². The zero-order valence-electron chi connectivity index (χ0n) is 14.2. The van der Waals surface area contributed by atoms with E-state index in [1.807, 2.05) is 58.7 Å². The van der Waals surface area contributed by atoms with Gasteiger partial charge in [0, 0.05) is 31.6 Å². The number of carbonyl (C=O) groups excluding carboxylic acids is 1. The third-order valence-electron chi connectivity index (χ3n) is 4.35. The minimum absolute atomic E-state index is 0.0187. The summed E-state index contributed by atoms with van der Waals surface area (Å²) < 4.78 is 4.02. The molecule has 4 rings (SSSR count). The second-order valence-electron chi connectivity index (χ2n) is 6.05. The van der Waals surface area contributed by atoms with Crippen molar-refractivity contribution in [2.45, 2.75) is 18.9 Å². The predicted molar refractivity (Wildman–Crippen MR) is 101 cm³/mol. The first kappa shape index (κ1) is 16.5. The third-order valence-corrected chi connectivity index (χ3v) is 5.05. The molecule has 0 saturated carbocycles. The normalized spacial score (nSPS) is 12.3. The Balaban J connectivity index is 1.37. The van der Waals surface area contributed by atoms with Crippen LogP contribution >= 0.6 is 11.3 Å². The highest BCUT2D eigenvalue weighted by molar-refractivity contribution is 7.08. The van der Waals surface area contributed by atoms with Crippen LogP contribution in [0.3, 0.4) is 0 Å². The lowest BCUT2D eigenvalue weighted by atomic mass is 10.1. The smallest absolute Gasteiger partial charge is 0.222 e. The van der Waals surface area contributed by atoms with E-state index in [4.69, 9.17) is 0 Å². The highest BCUT2D eigenvalue weighted by Crippen LogP contribution is 2.24. The average molecular weight is 365 g/mol. The molecule has 26 heavy (non-hydrogen) atoms. The van der Waals surface area contributed by atoms with Crippen molar-refractivity contribution in [2.75, 3.05) is 6.54 Å². The van der Waals surface area contributed by atoms with Crippen molar-refractivity contribution in [2.24, 2.45) is 0 Å². The number of aromatic nitrogens is 4. The quantitative estimate of drug-likeness (QED) is 0.548. The summed E-state index contributed by atoms with van der Waals surface area (Å²) in [6.07, 6.45) is 6.98. The molecule has 132 valence electrons. The van der Waals surface area contributed by atoms with Gasteiger partial charge in [-0.05, 0) is 46.7 Å². The Labute approximate surface area is 155 Å². The Bertz CT molecular complexity index is 940. The van der Waals surface area contributed by atoms with Crippen LogP contribution in [0.2, 0.25) is 0 Å². The van der Waals surface area contributed by atoms with Crippen LogP contribution in [-0.4, -0.2) is 31.6 Å². The molecule has 0 fully saturated rings. The molecule has 4 heterocycles. The number of hydrogen-bond donors (Lipinski definition) is 1. The van der Waals surface area contributed by atoms with E-state index in [1.165, 1.54) is 0 Å². The zero-order valence-corrected chi connectivity index (χ0v) is 15.0. The molecule has 0 aromatic carbocycles. The van der Waals surface area contributed by atoms with Gasteiger partial charge < -0.3 is 9.88 Å². The molecule has 1 unspecified atom stereocenters. The molecule has 0 radical (unpaired) electrons. The molecule has 1 atom stereocenters. The molecule has 0 aliphatic rings. The zero-order chi connectivity index (χ0) is 17.8. The Kier molecular flexibility index (Phi) is 4.79. The molecule has 0 saturated heterocycles. The summed E-state index contributed by atoms with van der Waals surface area (Å²) in [6, 6.07) is 11.8. The number of hydrogen-bond acceptors (Lipinski definition) is 4. The Morgan fingerprint density at radius 2 is 1.96 bits per heavy atom. The molecule has 1 N–H and O–H groups in total. The summed E-state index contributed by atoms with van der Waals surface area (Å²) in [4.78, 5) is 12.5. The monoisotopic (exact) mass is 365 g/mol. The molecule has 1 amide bonds. The topological polar surface area (TPSA) is 64.2 Å². The van der Waals surface area contributed by atoms with Gasteiger partial charge in [-0.25, -0.2) is 0 Å². The second-order valence-corrected chi connectivity index (χ2v) is 6.83. The number of rotatable bonds is 7. The Morgan fingerprint density at radius 3 is 2.77 bits per heavy atom. The van der Waals surface area contributed by atoms with Crippen LogP contribution in [0.5, 0.6) is 0 Å². The molecule has 4 aromatic rings. The Morgan fingerprint density at radius 1 is 1.12 bits per heavy atom. The van der Waals surface area contributed by atoms with E-state index in [9.17, 15) is 4.79 Å². The van der Waals surface area contributed by atoms with Crippen molar-refractivity contribution in [3.63, 3.8) is 0 Å². The van der Waals surface area contributed by atoms with Gasteiger partial charge in [-0.1, -0.05) is 6.07 Å². The molecule has 7 heteroatoms. The highest BCUT2D eigenvalue weighted by Gasteiger charge is 2.17. The first-order valence-corrected chi connectivity index (χ1v) is 9.45. The Hall–Kier alpha value is -2.93. The lowest BCUT2D eigenvalue weighted by Crippen LogP contribution is -2.28. The van der Waals surface area contributed by atoms with E-state index in [-0.39, 0.29) is 11.9 Å². The third kappa shape index (κ3) is 3.52. The van der Waals surface area contributed by atoms with Crippen molar-refractivity contribution in [3.05, 3.63) is 77.1 Å². The molecule has 0 spiro atoms. The number of fused-ring (bicyclic) bond motifs is 1. The van der Waals surface area contributed by atoms with Gasteiger partial charge in [-0.3, -0.25) is 9.20 Å². The van der Waals surface area contributed by atoms with Crippen LogP contribution in [-0.2, 0) is 11.2 Å². The lowest BCUT2D eigenvalue weighted by Gasteiger charge is -2.18. The van der Waals surface area contributed by atoms with Crippen LogP contribution in [0.4, 0.5) is 0 Å². The van der Waals surface area contributed by atoms with Crippen LogP contribution in [0, 0.1) is 0 Å². The van der Waals surface area contributed by atoms with E-state index in [2.05, 4.69) is 31.5 Å². The molecular weight excluding hydrogens is 346 g/mol. The van der Waals surface area contributed by atoms with E-state index < -0.39 is 0 Å². The van der Waals surface area contributed by atoms with Crippen molar-refractivity contribution >= 4 is 22.9 Å².